The van der Waals surface area contributed by atoms with E-state index in [-0.39, 0.29) is 70.6 Å². The Labute approximate surface area is 618 Å². The summed E-state index contributed by atoms with van der Waals surface area (Å²) >= 11 is 1.01. The molecule has 9 aromatic rings. The lowest BCUT2D eigenvalue weighted by atomic mass is 9.94. The molecule has 9 aromatic carbocycles. The van der Waals surface area contributed by atoms with Gasteiger partial charge in [0.1, 0.15) is 60.4 Å². The third-order valence-electron chi connectivity index (χ3n) is 18.1. The maximum Gasteiger partial charge on any atom is 0.471 e. The highest BCUT2D eigenvalue weighted by Crippen LogP contribution is 2.42. The number of ether oxygens (including phenoxy) is 14. The second-order valence-corrected chi connectivity index (χ2v) is 26.8. The fourth-order valence-corrected chi connectivity index (χ4v) is 14.0. The Morgan fingerprint density at radius 3 is 1.29 bits per heavy atom. The fraction of sp³-hybridized carbons (Fsp3) is 0.321. The zero-order chi connectivity index (χ0) is 73.5. The summed E-state index contributed by atoms with van der Waals surface area (Å²) in [6.07, 6.45) is -23.6. The molecule has 22 heteroatoms. The quantitative estimate of drug-likeness (QED) is 0.0381. The second kappa shape index (κ2) is 38.5. The van der Waals surface area contributed by atoms with Crippen molar-refractivity contribution in [3.63, 3.8) is 0 Å². The minimum atomic E-state index is -5.49. The highest BCUT2D eigenvalue weighted by molar-refractivity contribution is 7.99. The molecule has 0 radical (unpaired) electrons. The van der Waals surface area contributed by atoms with Crippen LogP contribution in [0.1, 0.15) is 66.6 Å². The Kier molecular flexibility index (Phi) is 27.9. The first kappa shape index (κ1) is 76.7. The normalized spacial score (nSPS) is 24.5. The predicted molar refractivity (Wildman–Crippen MR) is 386 cm³/mol. The van der Waals surface area contributed by atoms with E-state index in [2.05, 4.69) is 5.32 Å². The summed E-state index contributed by atoms with van der Waals surface area (Å²) in [5.41, 5.74) is 3.96. The van der Waals surface area contributed by atoms with Gasteiger partial charge < -0.3 is 71.6 Å². The van der Waals surface area contributed by atoms with Crippen molar-refractivity contribution in [2.24, 2.45) is 0 Å². The highest BCUT2D eigenvalue weighted by Gasteiger charge is 2.58. The first-order valence-electron chi connectivity index (χ1n) is 35.1. The summed E-state index contributed by atoms with van der Waals surface area (Å²) in [5.74, 6) is -3.84. The van der Waals surface area contributed by atoms with Crippen LogP contribution in [0.3, 0.4) is 0 Å². The van der Waals surface area contributed by atoms with E-state index in [0.717, 1.165) is 45.1 Å². The summed E-state index contributed by atoms with van der Waals surface area (Å²) in [6.45, 7) is 1.04. The van der Waals surface area contributed by atoms with Crippen molar-refractivity contribution in [3.05, 3.63) is 317 Å². The van der Waals surface area contributed by atoms with Gasteiger partial charge in [0.25, 0.3) is 0 Å². The third-order valence-corrected chi connectivity index (χ3v) is 19.3. The number of halogens is 3. The third kappa shape index (κ3) is 21.2. The molecular weight excluding hydrogens is 1380 g/mol. The number of esters is 2. The van der Waals surface area contributed by atoms with E-state index in [1.165, 1.54) is 7.11 Å². The van der Waals surface area contributed by atoms with Crippen LogP contribution in [-0.4, -0.2) is 136 Å². The number of rotatable bonds is 33. The van der Waals surface area contributed by atoms with Crippen LogP contribution in [0, 0.1) is 0 Å². The highest BCUT2D eigenvalue weighted by atomic mass is 32.2. The number of amides is 1. The van der Waals surface area contributed by atoms with E-state index in [0.29, 0.717) is 10.5 Å². The summed E-state index contributed by atoms with van der Waals surface area (Å²) < 4.78 is 143. The van der Waals surface area contributed by atoms with Crippen molar-refractivity contribution in [2.75, 3.05) is 20.3 Å². The van der Waals surface area contributed by atoms with Gasteiger partial charge in [0.05, 0.1) is 89.8 Å². The van der Waals surface area contributed by atoms with Gasteiger partial charge in [-0.15, -0.1) is 0 Å². The van der Waals surface area contributed by atoms with Crippen LogP contribution in [0.4, 0.5) is 13.2 Å². The van der Waals surface area contributed by atoms with E-state index in [9.17, 15) is 14.4 Å². The van der Waals surface area contributed by atoms with Crippen LogP contribution < -0.4 is 5.32 Å². The molecule has 3 fully saturated rings. The molecule has 0 saturated carbocycles. The lowest BCUT2D eigenvalue weighted by molar-refractivity contribution is -0.370. The molecule has 0 unspecified atom stereocenters. The average molecular weight is 1470 g/mol. The number of hydrogen-bond acceptors (Lipinski definition) is 18. The minimum Gasteiger partial charge on any atom is -0.465 e. The number of benzene rings is 9. The van der Waals surface area contributed by atoms with E-state index in [1.54, 1.807) is 91.9 Å². The van der Waals surface area contributed by atoms with Gasteiger partial charge in [-0.3, -0.25) is 4.79 Å². The Morgan fingerprint density at radius 1 is 0.406 bits per heavy atom. The number of carbonyl (C=O) groups excluding carboxylic acids is 3. The van der Waals surface area contributed by atoms with Crippen molar-refractivity contribution in [2.45, 2.75) is 155 Å². The van der Waals surface area contributed by atoms with Crippen molar-refractivity contribution in [1.82, 2.24) is 5.32 Å². The van der Waals surface area contributed by atoms with Crippen LogP contribution in [0.25, 0.3) is 0 Å². The second-order valence-electron chi connectivity index (χ2n) is 25.6. The number of carbonyl (C=O) groups is 3. The van der Waals surface area contributed by atoms with E-state index >= 15 is 13.2 Å². The van der Waals surface area contributed by atoms with Crippen LogP contribution in [0.15, 0.2) is 272 Å². The van der Waals surface area contributed by atoms with Crippen molar-refractivity contribution < 1.29 is 93.9 Å². The zero-order valence-electron chi connectivity index (χ0n) is 58.4. The van der Waals surface area contributed by atoms with Crippen molar-refractivity contribution in [1.29, 1.82) is 0 Å². The van der Waals surface area contributed by atoms with Gasteiger partial charge >= 0.3 is 24.0 Å². The molecule has 0 aromatic heterocycles. The molecular formula is C84H84F3NO17S. The fourth-order valence-electron chi connectivity index (χ4n) is 12.8. The van der Waals surface area contributed by atoms with E-state index < -0.39 is 115 Å². The molecule has 12 rings (SSSR count). The Bertz CT molecular complexity index is 4120. The first-order chi connectivity index (χ1) is 51.8. The summed E-state index contributed by atoms with van der Waals surface area (Å²) in [7, 11) is 1.27. The lowest BCUT2D eigenvalue weighted by Crippen LogP contribution is -2.70. The maximum atomic E-state index is 15.5. The standard InChI is InChI=1S/C84H84F3NO17S/c1-56-70(95-49-59-33-15-5-16-34-59)74(97-51-61-37-19-7-20-38-61)77(103-78(89)63-41-23-9-24-42-63)81(100-56)105-73-69(88-83(91)84(85,86)87)82(106-65-44-25-10-26-45-65)102-68(55-94-48-58-31-13-4-14-32-58)72(73)104-80-76(99-53-64-43-27-28-46-66(64)79(90)92-2)75(98-52-62-39-21-8-22-40-62)71(96-50-60-35-17-6-18-36-60)67(101-80)54-93-47-57-29-11-3-12-30-57/h3-46,56,67-77,80-82H,47-55H2,1-2H3,(H,88,91)/t56-,67+,68+,69+,70-,71+,72+,73+,74+,75-,76+,77+,80+,81-,82-/m0/s1. The SMILES string of the molecule is COC(=O)c1ccccc1CO[C@H]1[C@@H](O[C@H]2[C@H](O[C@@H]3O[C@@H](C)[C@H](OCc4ccccc4)[C@@H](OCc4ccccc4)[C@H]3OC(=O)c3ccccc3)[C@@H](NC(=O)C(F)(F)F)[C@H](Sc3ccccc3)O[C@@H]2COCc2ccccc2)O[C@H](COCc2ccccc2)[C@@H](OCc2ccccc2)[C@@H]1OCc1ccccc1. The summed E-state index contributed by atoms with van der Waals surface area (Å²) in [6, 6.07) is 78.2. The average Bonchev–Trinajstić information content (AvgIpc) is 0.758. The Hall–Kier alpha value is -8.95. The minimum absolute atomic E-state index is 0.0111. The zero-order valence-corrected chi connectivity index (χ0v) is 59.2. The molecule has 0 bridgehead atoms. The largest absolute Gasteiger partial charge is 0.471 e. The molecule has 554 valence electrons. The number of methoxy groups -OCH3 is 1. The topological polar surface area (TPSA) is 192 Å². The summed E-state index contributed by atoms with van der Waals surface area (Å²) in [5, 5.41) is 2.30. The van der Waals surface area contributed by atoms with E-state index in [4.69, 9.17) is 66.3 Å². The lowest BCUT2D eigenvalue weighted by Gasteiger charge is -2.52. The number of nitrogens with one attached hydrogen (secondary N) is 1. The molecule has 1 N–H and O–H groups in total. The number of alkyl halides is 3. The predicted octanol–water partition coefficient (Wildman–Crippen LogP) is 14.2. The molecule has 15 atom stereocenters. The molecule has 3 saturated heterocycles. The van der Waals surface area contributed by atoms with Crippen LogP contribution in [0.5, 0.6) is 0 Å². The molecule has 3 aliphatic rings. The van der Waals surface area contributed by atoms with Crippen LogP contribution in [0.2, 0.25) is 0 Å². The molecule has 0 aliphatic carbocycles. The van der Waals surface area contributed by atoms with Crippen LogP contribution >= 0.6 is 11.8 Å². The molecule has 3 aliphatic heterocycles. The molecule has 3 heterocycles. The van der Waals surface area contributed by atoms with Crippen molar-refractivity contribution >= 4 is 29.6 Å². The number of hydrogen-bond donors (Lipinski definition) is 1. The van der Waals surface area contributed by atoms with Gasteiger partial charge in [-0.2, -0.15) is 13.2 Å². The van der Waals surface area contributed by atoms with Gasteiger partial charge in [-0.25, -0.2) is 9.59 Å². The van der Waals surface area contributed by atoms with Gasteiger partial charge in [0.15, 0.2) is 18.7 Å². The number of thioether (sulfide) groups is 1. The first-order valence-corrected chi connectivity index (χ1v) is 36.0. The van der Waals surface area contributed by atoms with E-state index in [1.807, 2.05) is 182 Å². The molecule has 1 amide bonds. The monoisotopic (exact) mass is 1470 g/mol. The summed E-state index contributed by atoms with van der Waals surface area (Å²) in [4.78, 5) is 43.2. The van der Waals surface area contributed by atoms with Crippen LogP contribution in [-0.2, 0) is 117 Å². The Morgan fingerprint density at radius 2 is 0.802 bits per heavy atom. The van der Waals surface area contributed by atoms with Gasteiger partial charge in [-0.1, -0.05) is 248 Å². The maximum absolute atomic E-state index is 15.5. The van der Waals surface area contributed by atoms with Gasteiger partial charge in [-0.05, 0) is 76.2 Å². The van der Waals surface area contributed by atoms with Gasteiger partial charge in [0.2, 0.25) is 0 Å². The Balaban J connectivity index is 1.03. The van der Waals surface area contributed by atoms with Crippen molar-refractivity contribution in [3.8, 4) is 0 Å². The molecule has 18 nitrogen and oxygen atoms in total. The smallest absolute Gasteiger partial charge is 0.465 e. The molecule has 106 heavy (non-hydrogen) atoms. The van der Waals surface area contributed by atoms with Gasteiger partial charge in [0, 0.05) is 4.90 Å². The molecule has 0 spiro atoms.